The Balaban J connectivity index is 1.73. The highest BCUT2D eigenvalue weighted by Crippen LogP contribution is 2.23. The van der Waals surface area contributed by atoms with Crippen molar-refractivity contribution in [2.24, 2.45) is 11.8 Å². The number of carbonyl (C=O) groups excluding carboxylic acids is 1. The first-order chi connectivity index (χ1) is 8.68. The second-order valence-electron chi connectivity index (χ2n) is 5.71. The number of ether oxygens (including phenoxy) is 1. The van der Waals surface area contributed by atoms with Crippen LogP contribution in [0.25, 0.3) is 0 Å². The summed E-state index contributed by atoms with van der Waals surface area (Å²) in [5.41, 5.74) is 0. The van der Waals surface area contributed by atoms with E-state index in [0.717, 1.165) is 45.0 Å². The Bertz CT molecular complexity index is 277. The SMILES string of the molecule is CC1OCCC1C(=O)N(C)CCC1CCNCC1. The van der Waals surface area contributed by atoms with Gasteiger partial charge in [-0.1, -0.05) is 0 Å². The van der Waals surface area contributed by atoms with Gasteiger partial charge in [-0.3, -0.25) is 4.79 Å². The molecule has 0 aromatic heterocycles. The summed E-state index contributed by atoms with van der Waals surface area (Å²) in [5.74, 6) is 1.15. The maximum atomic E-state index is 12.3. The second-order valence-corrected chi connectivity index (χ2v) is 5.71. The smallest absolute Gasteiger partial charge is 0.228 e. The van der Waals surface area contributed by atoms with Crippen LogP contribution in [0.5, 0.6) is 0 Å². The molecule has 0 radical (unpaired) electrons. The highest BCUT2D eigenvalue weighted by Gasteiger charge is 2.32. The van der Waals surface area contributed by atoms with Crippen molar-refractivity contribution in [1.82, 2.24) is 10.2 Å². The molecule has 2 unspecified atom stereocenters. The Hall–Kier alpha value is -0.610. The van der Waals surface area contributed by atoms with Gasteiger partial charge in [-0.25, -0.2) is 0 Å². The fourth-order valence-corrected chi connectivity index (χ4v) is 3.00. The van der Waals surface area contributed by atoms with Crippen LogP contribution in [0.3, 0.4) is 0 Å². The van der Waals surface area contributed by atoms with Crippen molar-refractivity contribution in [1.29, 1.82) is 0 Å². The average molecular weight is 254 g/mol. The molecule has 4 nitrogen and oxygen atoms in total. The van der Waals surface area contributed by atoms with Crippen LogP contribution < -0.4 is 5.32 Å². The minimum absolute atomic E-state index is 0.0861. The molecule has 1 N–H and O–H groups in total. The number of hydrogen-bond donors (Lipinski definition) is 1. The Labute approximate surface area is 110 Å². The second kappa shape index (κ2) is 6.53. The van der Waals surface area contributed by atoms with E-state index in [-0.39, 0.29) is 17.9 Å². The van der Waals surface area contributed by atoms with E-state index in [2.05, 4.69) is 5.32 Å². The zero-order valence-electron chi connectivity index (χ0n) is 11.7. The molecule has 4 heteroatoms. The van der Waals surface area contributed by atoms with Crippen molar-refractivity contribution < 1.29 is 9.53 Å². The Morgan fingerprint density at radius 3 is 2.67 bits per heavy atom. The van der Waals surface area contributed by atoms with E-state index in [0.29, 0.717) is 0 Å². The predicted octanol–water partition coefficient (Wildman–Crippen LogP) is 1.26. The largest absolute Gasteiger partial charge is 0.378 e. The first-order valence-corrected chi connectivity index (χ1v) is 7.26. The fraction of sp³-hybridized carbons (Fsp3) is 0.929. The number of nitrogens with zero attached hydrogens (tertiary/aromatic N) is 1. The van der Waals surface area contributed by atoms with Crippen molar-refractivity contribution in [2.45, 2.75) is 38.7 Å². The van der Waals surface area contributed by atoms with E-state index >= 15 is 0 Å². The van der Waals surface area contributed by atoms with Crippen LogP contribution in [-0.4, -0.2) is 50.2 Å². The van der Waals surface area contributed by atoms with Crippen LogP contribution in [0.15, 0.2) is 0 Å². The van der Waals surface area contributed by atoms with Gasteiger partial charge < -0.3 is 15.0 Å². The maximum absolute atomic E-state index is 12.3. The zero-order valence-corrected chi connectivity index (χ0v) is 11.7. The van der Waals surface area contributed by atoms with E-state index in [4.69, 9.17) is 4.74 Å². The Kier molecular flexibility index (Phi) is 5.01. The molecule has 18 heavy (non-hydrogen) atoms. The van der Waals surface area contributed by atoms with Gasteiger partial charge in [0.05, 0.1) is 12.0 Å². The standard InChI is InChI=1S/C14H26N2O2/c1-11-13(6-10-18-11)14(17)16(2)9-5-12-3-7-15-8-4-12/h11-13,15H,3-10H2,1-2H3. The van der Waals surface area contributed by atoms with Gasteiger partial charge in [0.2, 0.25) is 5.91 Å². The molecule has 0 spiro atoms. The first-order valence-electron chi connectivity index (χ1n) is 7.26. The van der Waals surface area contributed by atoms with Crippen molar-refractivity contribution in [3.63, 3.8) is 0 Å². The number of carbonyl (C=O) groups is 1. The minimum atomic E-state index is 0.0861. The van der Waals surface area contributed by atoms with Gasteiger partial charge in [-0.05, 0) is 51.6 Å². The molecule has 2 atom stereocenters. The van der Waals surface area contributed by atoms with Crippen molar-refractivity contribution in [3.05, 3.63) is 0 Å². The summed E-state index contributed by atoms with van der Waals surface area (Å²) in [6, 6.07) is 0. The molecule has 104 valence electrons. The van der Waals surface area contributed by atoms with Crippen LogP contribution in [0.2, 0.25) is 0 Å². The van der Waals surface area contributed by atoms with Crippen LogP contribution >= 0.6 is 0 Å². The minimum Gasteiger partial charge on any atom is -0.378 e. The third-order valence-electron chi connectivity index (χ3n) is 4.40. The zero-order chi connectivity index (χ0) is 13.0. The summed E-state index contributed by atoms with van der Waals surface area (Å²) in [6.07, 6.45) is 4.64. The lowest BCUT2D eigenvalue weighted by molar-refractivity contribution is -0.135. The highest BCUT2D eigenvalue weighted by atomic mass is 16.5. The molecule has 2 aliphatic heterocycles. The molecule has 1 amide bonds. The lowest BCUT2D eigenvalue weighted by Crippen LogP contribution is -2.38. The van der Waals surface area contributed by atoms with Gasteiger partial charge in [0, 0.05) is 20.2 Å². The van der Waals surface area contributed by atoms with Gasteiger partial charge in [-0.2, -0.15) is 0 Å². The van der Waals surface area contributed by atoms with Gasteiger partial charge in [0.1, 0.15) is 0 Å². The lowest BCUT2D eigenvalue weighted by Gasteiger charge is -2.27. The normalized spacial score (nSPS) is 29.4. The van der Waals surface area contributed by atoms with E-state index in [9.17, 15) is 4.79 Å². The molecule has 2 rings (SSSR count). The van der Waals surface area contributed by atoms with Crippen LogP contribution in [0.1, 0.15) is 32.6 Å². The van der Waals surface area contributed by atoms with E-state index in [1.165, 1.54) is 12.8 Å². The maximum Gasteiger partial charge on any atom is 0.228 e. The van der Waals surface area contributed by atoms with Gasteiger partial charge >= 0.3 is 0 Å². The van der Waals surface area contributed by atoms with Gasteiger partial charge in [0.25, 0.3) is 0 Å². The molecule has 2 heterocycles. The summed E-state index contributed by atoms with van der Waals surface area (Å²) >= 11 is 0. The summed E-state index contributed by atoms with van der Waals surface area (Å²) in [6.45, 7) is 5.91. The molecule has 0 saturated carbocycles. The third-order valence-corrected chi connectivity index (χ3v) is 4.40. The summed E-state index contributed by atoms with van der Waals surface area (Å²) in [4.78, 5) is 14.2. The van der Waals surface area contributed by atoms with Crippen molar-refractivity contribution in [2.75, 3.05) is 33.3 Å². The van der Waals surface area contributed by atoms with Crippen LogP contribution in [0, 0.1) is 11.8 Å². The number of rotatable bonds is 4. The van der Waals surface area contributed by atoms with Gasteiger partial charge in [0.15, 0.2) is 0 Å². The molecule has 2 fully saturated rings. The Morgan fingerprint density at radius 1 is 1.33 bits per heavy atom. The number of nitrogens with one attached hydrogen (secondary N) is 1. The summed E-state index contributed by atoms with van der Waals surface area (Å²) < 4.78 is 5.48. The molecular weight excluding hydrogens is 228 g/mol. The monoisotopic (exact) mass is 254 g/mol. The molecule has 0 aromatic rings. The average Bonchev–Trinajstić information content (AvgIpc) is 2.82. The lowest BCUT2D eigenvalue weighted by atomic mass is 9.94. The molecule has 2 saturated heterocycles. The van der Waals surface area contributed by atoms with E-state index in [1.807, 2.05) is 18.9 Å². The van der Waals surface area contributed by atoms with Crippen molar-refractivity contribution >= 4 is 5.91 Å². The molecule has 2 aliphatic rings. The summed E-state index contributed by atoms with van der Waals surface area (Å²) in [5, 5.41) is 3.38. The van der Waals surface area contributed by atoms with Crippen LogP contribution in [-0.2, 0) is 9.53 Å². The molecule has 0 aromatic carbocycles. The van der Waals surface area contributed by atoms with Crippen LogP contribution in [0.4, 0.5) is 0 Å². The number of piperidine rings is 1. The van der Waals surface area contributed by atoms with E-state index in [1.54, 1.807) is 0 Å². The Morgan fingerprint density at radius 2 is 2.06 bits per heavy atom. The first kappa shape index (κ1) is 13.8. The highest BCUT2D eigenvalue weighted by molar-refractivity contribution is 5.79. The summed E-state index contributed by atoms with van der Waals surface area (Å²) in [7, 11) is 1.94. The molecule has 0 bridgehead atoms. The third kappa shape index (κ3) is 3.45. The fourth-order valence-electron chi connectivity index (χ4n) is 3.00. The number of amides is 1. The van der Waals surface area contributed by atoms with Gasteiger partial charge in [-0.15, -0.1) is 0 Å². The topological polar surface area (TPSA) is 41.6 Å². The molecular formula is C14H26N2O2. The van der Waals surface area contributed by atoms with Crippen molar-refractivity contribution in [3.8, 4) is 0 Å². The quantitative estimate of drug-likeness (QED) is 0.821. The molecule has 0 aliphatic carbocycles. The predicted molar refractivity (Wildman–Crippen MR) is 71.4 cm³/mol. The number of hydrogen-bond acceptors (Lipinski definition) is 3. The van der Waals surface area contributed by atoms with E-state index < -0.39 is 0 Å².